The Kier molecular flexibility index (Phi) is 5.29. The molecule has 0 aromatic heterocycles. The predicted molar refractivity (Wildman–Crippen MR) is 79.1 cm³/mol. The quantitative estimate of drug-likeness (QED) is 0.720. The van der Waals surface area contributed by atoms with Gasteiger partial charge in [-0.3, -0.25) is 9.80 Å². The Morgan fingerprint density at radius 2 is 2.00 bits per heavy atom. The van der Waals surface area contributed by atoms with Crippen LogP contribution in [0.4, 0.5) is 0 Å². The summed E-state index contributed by atoms with van der Waals surface area (Å²) in [4.78, 5) is 5.24. The van der Waals surface area contributed by atoms with Crippen LogP contribution in [0.5, 0.6) is 0 Å². The summed E-state index contributed by atoms with van der Waals surface area (Å²) in [6.07, 6.45) is 4.01. The molecule has 2 heterocycles. The lowest BCUT2D eigenvalue weighted by atomic mass is 10.2. The summed E-state index contributed by atoms with van der Waals surface area (Å²) >= 11 is 0. The Bertz CT molecular complexity index is 293. The van der Waals surface area contributed by atoms with Gasteiger partial charge in [-0.05, 0) is 19.3 Å². The zero-order valence-corrected chi connectivity index (χ0v) is 12.7. The van der Waals surface area contributed by atoms with Crippen LogP contribution in [0.3, 0.4) is 0 Å². The number of hydrogen-bond acceptors (Lipinski definition) is 5. The monoisotopic (exact) mass is 283 g/mol. The normalized spacial score (nSPS) is 30.8. The smallest absolute Gasteiger partial charge is 0.0630 e. The van der Waals surface area contributed by atoms with E-state index in [0.29, 0.717) is 6.04 Å². The van der Waals surface area contributed by atoms with Crippen LogP contribution in [0, 0.1) is 0 Å². The van der Waals surface area contributed by atoms with Gasteiger partial charge in [0.05, 0.1) is 19.8 Å². The van der Waals surface area contributed by atoms with E-state index in [1.807, 2.05) is 7.11 Å². The lowest BCUT2D eigenvalue weighted by Gasteiger charge is -2.33. The van der Waals surface area contributed by atoms with Gasteiger partial charge in [0.25, 0.3) is 0 Å². The third kappa shape index (κ3) is 3.92. The Morgan fingerprint density at radius 1 is 1.20 bits per heavy atom. The first-order chi connectivity index (χ1) is 9.86. The van der Waals surface area contributed by atoms with Crippen LogP contribution in [-0.2, 0) is 9.47 Å². The number of nitrogens with zero attached hydrogens (tertiary/aromatic N) is 2. The molecule has 116 valence electrons. The summed E-state index contributed by atoms with van der Waals surface area (Å²) in [7, 11) is 1.82. The van der Waals surface area contributed by atoms with Gasteiger partial charge >= 0.3 is 0 Å². The van der Waals surface area contributed by atoms with E-state index in [1.165, 1.54) is 32.4 Å². The highest BCUT2D eigenvalue weighted by molar-refractivity contribution is 4.90. The summed E-state index contributed by atoms with van der Waals surface area (Å²) in [5.74, 6) is 0. The van der Waals surface area contributed by atoms with Crippen LogP contribution in [0.2, 0.25) is 0 Å². The maximum absolute atomic E-state index is 5.46. The fourth-order valence-corrected chi connectivity index (χ4v) is 3.42. The molecule has 0 amide bonds. The Hall–Kier alpha value is -0.200. The highest BCUT2D eigenvalue weighted by Crippen LogP contribution is 2.21. The molecule has 20 heavy (non-hydrogen) atoms. The number of ether oxygens (including phenoxy) is 2. The topological polar surface area (TPSA) is 37.0 Å². The van der Waals surface area contributed by atoms with Crippen LogP contribution in [0.15, 0.2) is 0 Å². The van der Waals surface area contributed by atoms with Crippen LogP contribution in [0.1, 0.15) is 19.3 Å². The highest BCUT2D eigenvalue weighted by Gasteiger charge is 2.33. The van der Waals surface area contributed by atoms with Gasteiger partial charge in [-0.25, -0.2) is 0 Å². The van der Waals surface area contributed by atoms with E-state index < -0.39 is 0 Å². The third-order valence-corrected chi connectivity index (χ3v) is 4.85. The zero-order valence-electron chi connectivity index (χ0n) is 12.7. The van der Waals surface area contributed by atoms with Crippen molar-refractivity contribution in [3.05, 3.63) is 0 Å². The van der Waals surface area contributed by atoms with Crippen molar-refractivity contribution in [3.63, 3.8) is 0 Å². The first-order valence-electron chi connectivity index (χ1n) is 8.15. The van der Waals surface area contributed by atoms with Crippen molar-refractivity contribution in [3.8, 4) is 0 Å². The average Bonchev–Trinajstić information content (AvgIpc) is 3.19. The van der Waals surface area contributed by atoms with Gasteiger partial charge in [-0.15, -0.1) is 0 Å². The van der Waals surface area contributed by atoms with E-state index in [4.69, 9.17) is 9.47 Å². The molecule has 3 aliphatic rings. The summed E-state index contributed by atoms with van der Waals surface area (Å²) in [5.41, 5.74) is 0. The van der Waals surface area contributed by atoms with Crippen molar-refractivity contribution in [2.24, 2.45) is 0 Å². The van der Waals surface area contributed by atoms with E-state index in [9.17, 15) is 0 Å². The maximum atomic E-state index is 5.46. The Labute approximate surface area is 122 Å². The molecule has 3 rings (SSSR count). The predicted octanol–water partition coefficient (Wildman–Crippen LogP) is 0.160. The molecule has 1 aliphatic carbocycles. The fraction of sp³-hybridized carbons (Fsp3) is 1.00. The second-order valence-corrected chi connectivity index (χ2v) is 6.38. The summed E-state index contributed by atoms with van der Waals surface area (Å²) in [5, 5.41) is 3.66. The lowest BCUT2D eigenvalue weighted by molar-refractivity contribution is 0.0161. The average molecular weight is 283 g/mol. The van der Waals surface area contributed by atoms with Crippen molar-refractivity contribution in [1.82, 2.24) is 15.1 Å². The van der Waals surface area contributed by atoms with E-state index >= 15 is 0 Å². The molecule has 0 radical (unpaired) electrons. The molecule has 2 aliphatic heterocycles. The number of nitrogens with one attached hydrogen (secondary N) is 1. The molecule has 5 heteroatoms. The molecule has 0 spiro atoms. The molecule has 2 unspecified atom stereocenters. The van der Waals surface area contributed by atoms with E-state index in [-0.39, 0.29) is 0 Å². The van der Waals surface area contributed by atoms with Gasteiger partial charge in [-0.2, -0.15) is 0 Å². The van der Waals surface area contributed by atoms with E-state index in [1.54, 1.807) is 0 Å². The van der Waals surface area contributed by atoms with Gasteiger partial charge in [-0.1, -0.05) is 0 Å². The molecule has 2 saturated heterocycles. The second-order valence-electron chi connectivity index (χ2n) is 6.38. The molecule has 5 nitrogen and oxygen atoms in total. The minimum atomic E-state index is 0.534. The van der Waals surface area contributed by atoms with Crippen molar-refractivity contribution in [2.45, 2.75) is 37.4 Å². The van der Waals surface area contributed by atoms with Crippen molar-refractivity contribution in [2.75, 3.05) is 59.7 Å². The van der Waals surface area contributed by atoms with Crippen LogP contribution in [0.25, 0.3) is 0 Å². The molecule has 3 fully saturated rings. The van der Waals surface area contributed by atoms with Crippen molar-refractivity contribution < 1.29 is 9.47 Å². The first-order valence-corrected chi connectivity index (χ1v) is 8.15. The van der Waals surface area contributed by atoms with Gasteiger partial charge in [0.15, 0.2) is 0 Å². The molecule has 1 saturated carbocycles. The third-order valence-electron chi connectivity index (χ3n) is 4.85. The van der Waals surface area contributed by atoms with Gasteiger partial charge < -0.3 is 14.8 Å². The number of methoxy groups -OCH3 is 1. The SMILES string of the molecule is COCC(CNC1CC1)N1CCC(N2CCOCC2)C1. The van der Waals surface area contributed by atoms with E-state index in [0.717, 1.165) is 51.5 Å². The molecule has 0 aromatic rings. The maximum Gasteiger partial charge on any atom is 0.0630 e. The minimum Gasteiger partial charge on any atom is -0.383 e. The fourth-order valence-electron chi connectivity index (χ4n) is 3.42. The lowest BCUT2D eigenvalue weighted by Crippen LogP contribution is -2.48. The van der Waals surface area contributed by atoms with Gasteiger partial charge in [0, 0.05) is 58.0 Å². The number of hydrogen-bond donors (Lipinski definition) is 1. The van der Waals surface area contributed by atoms with Crippen LogP contribution >= 0.6 is 0 Å². The Balaban J connectivity index is 1.47. The first kappa shape index (κ1) is 14.7. The summed E-state index contributed by atoms with van der Waals surface area (Å²) in [6, 6.07) is 2.04. The standard InChI is InChI=1S/C15H29N3O2/c1-19-12-15(10-16-13-2-3-13)18-5-4-14(11-18)17-6-8-20-9-7-17/h13-16H,2-12H2,1H3. The molecule has 1 N–H and O–H groups in total. The van der Waals surface area contributed by atoms with Gasteiger partial charge in [0.2, 0.25) is 0 Å². The second kappa shape index (κ2) is 7.18. The molecule has 0 aromatic carbocycles. The van der Waals surface area contributed by atoms with Crippen molar-refractivity contribution >= 4 is 0 Å². The van der Waals surface area contributed by atoms with Crippen LogP contribution in [-0.4, -0.2) is 87.6 Å². The van der Waals surface area contributed by atoms with Crippen LogP contribution < -0.4 is 5.32 Å². The summed E-state index contributed by atoms with van der Waals surface area (Å²) in [6.45, 7) is 8.34. The zero-order chi connectivity index (χ0) is 13.8. The van der Waals surface area contributed by atoms with Crippen molar-refractivity contribution in [1.29, 1.82) is 0 Å². The molecule has 2 atom stereocenters. The number of morpholine rings is 1. The minimum absolute atomic E-state index is 0.534. The van der Waals surface area contributed by atoms with Gasteiger partial charge in [0.1, 0.15) is 0 Å². The largest absolute Gasteiger partial charge is 0.383 e. The molecular weight excluding hydrogens is 254 g/mol. The molecule has 0 bridgehead atoms. The molecular formula is C15H29N3O2. The Morgan fingerprint density at radius 3 is 2.70 bits per heavy atom. The number of likely N-dealkylation sites (tertiary alicyclic amines) is 1. The summed E-state index contributed by atoms with van der Waals surface area (Å²) < 4.78 is 10.9. The number of rotatable bonds is 7. The highest BCUT2D eigenvalue weighted by atomic mass is 16.5. The van der Waals surface area contributed by atoms with E-state index in [2.05, 4.69) is 15.1 Å².